The molecule has 0 fully saturated rings. The van der Waals surface area contributed by atoms with Gasteiger partial charge < -0.3 is 10.6 Å². The monoisotopic (exact) mass is 370 g/mol. The van der Waals surface area contributed by atoms with Gasteiger partial charge >= 0.3 is 0 Å². The van der Waals surface area contributed by atoms with Crippen LogP contribution in [0, 0.1) is 13.8 Å². The highest BCUT2D eigenvalue weighted by Crippen LogP contribution is 2.05. The van der Waals surface area contributed by atoms with Gasteiger partial charge in [0.25, 0.3) is 0 Å². The van der Waals surface area contributed by atoms with E-state index in [0.29, 0.717) is 6.04 Å². The highest BCUT2D eigenvalue weighted by atomic mass is 15.3. The second-order valence-corrected chi connectivity index (χ2v) is 7.13. The summed E-state index contributed by atoms with van der Waals surface area (Å²) in [5.41, 5.74) is 3.62. The highest BCUT2D eigenvalue weighted by Gasteiger charge is 2.10. The van der Waals surface area contributed by atoms with Crippen LogP contribution in [0.25, 0.3) is 0 Å². The van der Waals surface area contributed by atoms with Crippen LogP contribution >= 0.6 is 0 Å². The number of nitrogens with one attached hydrogen (secondary N) is 2. The summed E-state index contributed by atoms with van der Waals surface area (Å²) in [4.78, 5) is 6.67. The zero-order chi connectivity index (χ0) is 19.6. The predicted molar refractivity (Wildman–Crippen MR) is 113 cm³/mol. The first-order valence-corrected chi connectivity index (χ1v) is 9.69. The summed E-state index contributed by atoms with van der Waals surface area (Å²) < 4.78 is 2.06. The number of likely N-dealkylation sites (N-methyl/N-ethyl adjacent to an activating group) is 1. The van der Waals surface area contributed by atoms with Crippen molar-refractivity contribution in [3.8, 4) is 0 Å². The molecular formula is C21H34N6. The fraction of sp³-hybridized carbons (Fsp3) is 0.524. The van der Waals surface area contributed by atoms with E-state index in [4.69, 9.17) is 0 Å². The van der Waals surface area contributed by atoms with E-state index in [-0.39, 0.29) is 0 Å². The van der Waals surface area contributed by atoms with Crippen molar-refractivity contribution in [1.82, 2.24) is 25.3 Å². The third kappa shape index (κ3) is 7.06. The Balaban J connectivity index is 1.67. The summed E-state index contributed by atoms with van der Waals surface area (Å²) in [6, 6.07) is 13.1. The highest BCUT2D eigenvalue weighted by molar-refractivity contribution is 5.79. The van der Waals surface area contributed by atoms with Crippen LogP contribution in [0.3, 0.4) is 0 Å². The van der Waals surface area contributed by atoms with Crippen LogP contribution < -0.4 is 10.6 Å². The number of hydrogen-bond acceptors (Lipinski definition) is 3. The number of rotatable bonds is 9. The summed E-state index contributed by atoms with van der Waals surface area (Å²) >= 11 is 0. The van der Waals surface area contributed by atoms with E-state index in [2.05, 4.69) is 87.6 Å². The average molecular weight is 371 g/mol. The summed E-state index contributed by atoms with van der Waals surface area (Å²) in [5, 5.41) is 11.3. The Hall–Kier alpha value is -2.34. The fourth-order valence-electron chi connectivity index (χ4n) is 2.98. The van der Waals surface area contributed by atoms with Crippen molar-refractivity contribution in [2.75, 3.05) is 27.2 Å². The van der Waals surface area contributed by atoms with Crippen molar-refractivity contribution in [2.24, 2.45) is 4.99 Å². The molecular weight excluding hydrogens is 336 g/mol. The molecule has 0 radical (unpaired) electrons. The quantitative estimate of drug-likeness (QED) is 0.405. The van der Waals surface area contributed by atoms with Gasteiger partial charge in [0.05, 0.1) is 5.69 Å². The number of benzene rings is 1. The Morgan fingerprint density at radius 3 is 2.59 bits per heavy atom. The maximum Gasteiger partial charge on any atom is 0.191 e. The Morgan fingerprint density at radius 2 is 1.96 bits per heavy atom. The number of hydrogen-bond donors (Lipinski definition) is 2. The molecule has 2 N–H and O–H groups in total. The summed E-state index contributed by atoms with van der Waals surface area (Å²) in [6.07, 6.45) is 1.01. The Labute approximate surface area is 163 Å². The lowest BCUT2D eigenvalue weighted by molar-refractivity contribution is 0.249. The van der Waals surface area contributed by atoms with Gasteiger partial charge in [-0.05, 0) is 45.9 Å². The first kappa shape index (κ1) is 21.0. The molecule has 1 atom stereocenters. The molecule has 27 heavy (non-hydrogen) atoms. The number of aryl methyl sites for hydroxylation is 3. The molecule has 0 spiro atoms. The average Bonchev–Trinajstić information content (AvgIpc) is 2.98. The largest absolute Gasteiger partial charge is 0.356 e. The van der Waals surface area contributed by atoms with Crippen molar-refractivity contribution < 1.29 is 0 Å². The SMILES string of the molecule is CN=C(NCCCn1nc(C)cc1C)NCC(C)N(C)Cc1ccccc1. The fourth-order valence-corrected chi connectivity index (χ4v) is 2.98. The molecule has 0 saturated heterocycles. The zero-order valence-electron chi connectivity index (χ0n) is 17.4. The predicted octanol–water partition coefficient (Wildman–Crippen LogP) is 2.58. The van der Waals surface area contributed by atoms with Crippen LogP contribution in [0.5, 0.6) is 0 Å². The Kier molecular flexibility index (Phi) is 8.33. The van der Waals surface area contributed by atoms with Gasteiger partial charge in [0.2, 0.25) is 0 Å². The van der Waals surface area contributed by atoms with Gasteiger partial charge in [0.1, 0.15) is 0 Å². The molecule has 1 heterocycles. The van der Waals surface area contributed by atoms with E-state index in [1.807, 2.05) is 14.0 Å². The van der Waals surface area contributed by atoms with Crippen LogP contribution in [-0.2, 0) is 13.1 Å². The minimum atomic E-state index is 0.401. The molecule has 1 aromatic carbocycles. The Morgan fingerprint density at radius 1 is 1.22 bits per heavy atom. The molecule has 148 valence electrons. The van der Waals surface area contributed by atoms with Gasteiger partial charge in [0, 0.05) is 45.0 Å². The Bertz CT molecular complexity index is 707. The van der Waals surface area contributed by atoms with E-state index < -0.39 is 0 Å². The molecule has 0 saturated carbocycles. The molecule has 6 heteroatoms. The minimum absolute atomic E-state index is 0.401. The van der Waals surface area contributed by atoms with E-state index in [1.54, 1.807) is 0 Å². The van der Waals surface area contributed by atoms with Gasteiger partial charge in [-0.3, -0.25) is 14.6 Å². The molecule has 2 aromatic rings. The second kappa shape index (κ2) is 10.7. The van der Waals surface area contributed by atoms with E-state index in [9.17, 15) is 0 Å². The van der Waals surface area contributed by atoms with Crippen molar-refractivity contribution >= 4 is 5.96 Å². The number of aromatic nitrogens is 2. The molecule has 0 bridgehead atoms. The molecule has 0 aliphatic carbocycles. The number of guanidine groups is 1. The van der Waals surface area contributed by atoms with Crippen molar-refractivity contribution in [3.05, 3.63) is 53.3 Å². The maximum atomic E-state index is 4.50. The molecule has 0 aliphatic heterocycles. The molecule has 2 rings (SSSR count). The smallest absolute Gasteiger partial charge is 0.191 e. The van der Waals surface area contributed by atoms with Gasteiger partial charge in [0.15, 0.2) is 5.96 Å². The van der Waals surface area contributed by atoms with Gasteiger partial charge in [-0.15, -0.1) is 0 Å². The zero-order valence-corrected chi connectivity index (χ0v) is 17.4. The standard InChI is InChI=1S/C21H34N6/c1-17-14-18(2)27(25-17)13-9-12-23-21(22-4)24-15-19(3)26(5)16-20-10-7-6-8-11-20/h6-8,10-11,14,19H,9,12-13,15-16H2,1-5H3,(H2,22,23,24). The first-order valence-electron chi connectivity index (χ1n) is 9.69. The number of aliphatic imine (C=N–C) groups is 1. The van der Waals surface area contributed by atoms with E-state index in [1.165, 1.54) is 11.3 Å². The van der Waals surface area contributed by atoms with E-state index in [0.717, 1.165) is 44.3 Å². The molecule has 0 amide bonds. The van der Waals surface area contributed by atoms with Gasteiger partial charge in [-0.1, -0.05) is 30.3 Å². The topological polar surface area (TPSA) is 57.5 Å². The lowest BCUT2D eigenvalue weighted by atomic mass is 10.2. The summed E-state index contributed by atoms with van der Waals surface area (Å²) in [6.45, 7) is 9.93. The molecule has 1 aromatic heterocycles. The van der Waals surface area contributed by atoms with E-state index >= 15 is 0 Å². The van der Waals surface area contributed by atoms with Crippen molar-refractivity contribution in [1.29, 1.82) is 0 Å². The summed E-state index contributed by atoms with van der Waals surface area (Å²) in [7, 11) is 3.97. The first-order chi connectivity index (χ1) is 13.0. The normalized spacial score (nSPS) is 13.0. The summed E-state index contributed by atoms with van der Waals surface area (Å²) in [5.74, 6) is 0.850. The lowest BCUT2D eigenvalue weighted by Crippen LogP contribution is -2.45. The van der Waals surface area contributed by atoms with Crippen LogP contribution in [0.15, 0.2) is 41.4 Å². The van der Waals surface area contributed by atoms with Crippen LogP contribution in [-0.4, -0.2) is 53.9 Å². The number of nitrogens with zero attached hydrogens (tertiary/aromatic N) is 4. The van der Waals surface area contributed by atoms with Crippen LogP contribution in [0.4, 0.5) is 0 Å². The molecule has 1 unspecified atom stereocenters. The van der Waals surface area contributed by atoms with Gasteiger partial charge in [-0.25, -0.2) is 0 Å². The van der Waals surface area contributed by atoms with Crippen LogP contribution in [0.1, 0.15) is 30.3 Å². The minimum Gasteiger partial charge on any atom is -0.356 e. The van der Waals surface area contributed by atoms with Crippen molar-refractivity contribution in [3.63, 3.8) is 0 Å². The van der Waals surface area contributed by atoms with Gasteiger partial charge in [-0.2, -0.15) is 5.10 Å². The third-order valence-corrected chi connectivity index (χ3v) is 4.76. The second-order valence-electron chi connectivity index (χ2n) is 7.13. The van der Waals surface area contributed by atoms with Crippen molar-refractivity contribution in [2.45, 2.75) is 46.3 Å². The molecule has 0 aliphatic rings. The van der Waals surface area contributed by atoms with Crippen LogP contribution in [0.2, 0.25) is 0 Å². The lowest BCUT2D eigenvalue weighted by Gasteiger charge is -2.25. The third-order valence-electron chi connectivity index (χ3n) is 4.76. The molecule has 6 nitrogen and oxygen atoms in total. The maximum absolute atomic E-state index is 4.50.